The van der Waals surface area contributed by atoms with Crippen LogP contribution in [0, 0.1) is 6.92 Å². The number of carbonyl (C=O) groups excluding carboxylic acids is 1. The minimum atomic E-state index is -0.261. The van der Waals surface area contributed by atoms with E-state index in [0.29, 0.717) is 16.0 Å². The van der Waals surface area contributed by atoms with E-state index in [0.717, 1.165) is 36.6 Å². The van der Waals surface area contributed by atoms with E-state index in [1.54, 1.807) is 0 Å². The summed E-state index contributed by atoms with van der Waals surface area (Å²) < 4.78 is 1.84. The van der Waals surface area contributed by atoms with Gasteiger partial charge in [-0.2, -0.15) is 4.98 Å². The van der Waals surface area contributed by atoms with Gasteiger partial charge in [-0.25, -0.2) is 4.98 Å². The highest BCUT2D eigenvalue weighted by Gasteiger charge is 2.18. The van der Waals surface area contributed by atoms with Crippen molar-refractivity contribution in [1.29, 1.82) is 0 Å². The molecule has 4 rings (SSSR count). The molecule has 0 radical (unpaired) electrons. The zero-order chi connectivity index (χ0) is 18.8. The Balaban J connectivity index is 1.53. The lowest BCUT2D eigenvalue weighted by atomic mass is 10.1. The summed E-state index contributed by atoms with van der Waals surface area (Å²) in [7, 11) is 0. The van der Waals surface area contributed by atoms with Crippen molar-refractivity contribution in [2.75, 3.05) is 23.3 Å². The number of benzene rings is 1. The van der Waals surface area contributed by atoms with E-state index in [1.807, 2.05) is 31.2 Å². The average Bonchev–Trinajstić information content (AvgIpc) is 3.12. The Kier molecular flexibility index (Phi) is 4.89. The predicted molar refractivity (Wildman–Crippen MR) is 108 cm³/mol. The van der Waals surface area contributed by atoms with Gasteiger partial charge in [0.1, 0.15) is 17.6 Å². The highest BCUT2D eigenvalue weighted by Crippen LogP contribution is 2.27. The fourth-order valence-electron chi connectivity index (χ4n) is 3.16. The van der Waals surface area contributed by atoms with Crippen LogP contribution < -0.4 is 15.8 Å². The molecule has 2 aromatic heterocycles. The highest BCUT2D eigenvalue weighted by molar-refractivity contribution is 7.22. The number of rotatable bonds is 4. The van der Waals surface area contributed by atoms with Crippen LogP contribution in [0.5, 0.6) is 0 Å². The zero-order valence-corrected chi connectivity index (χ0v) is 16.0. The number of hydrogen-bond acceptors (Lipinski definition) is 6. The molecule has 140 valence electrons. The van der Waals surface area contributed by atoms with E-state index in [1.165, 1.54) is 28.7 Å². The number of piperidine rings is 1. The lowest BCUT2D eigenvalue weighted by molar-refractivity contribution is -0.116. The van der Waals surface area contributed by atoms with Gasteiger partial charge in [0.05, 0.1) is 0 Å². The molecule has 8 heteroatoms. The summed E-state index contributed by atoms with van der Waals surface area (Å²) in [6.45, 7) is 3.84. The highest BCUT2D eigenvalue weighted by atomic mass is 32.1. The van der Waals surface area contributed by atoms with E-state index in [4.69, 9.17) is 0 Å². The van der Waals surface area contributed by atoms with Gasteiger partial charge in [-0.05, 0) is 38.3 Å². The summed E-state index contributed by atoms with van der Waals surface area (Å²) in [6.07, 6.45) is 4.93. The molecular formula is C19H21N5O2S. The Labute approximate surface area is 160 Å². The quantitative estimate of drug-likeness (QED) is 0.749. The monoisotopic (exact) mass is 383 g/mol. The molecule has 0 spiro atoms. The molecule has 3 aromatic rings. The molecule has 27 heavy (non-hydrogen) atoms. The minimum absolute atomic E-state index is 0.0768. The lowest BCUT2D eigenvalue weighted by Crippen LogP contribution is -2.29. The summed E-state index contributed by atoms with van der Waals surface area (Å²) in [5, 5.41) is 3.65. The van der Waals surface area contributed by atoms with Crippen molar-refractivity contribution in [3.63, 3.8) is 0 Å². The first-order chi connectivity index (χ1) is 13.1. The maximum absolute atomic E-state index is 12.8. The van der Waals surface area contributed by atoms with Crippen molar-refractivity contribution >= 4 is 38.4 Å². The summed E-state index contributed by atoms with van der Waals surface area (Å²) in [6, 6.07) is 7.53. The number of aromatic nitrogens is 3. The summed E-state index contributed by atoms with van der Waals surface area (Å²) in [5.41, 5.74) is 2.06. The number of fused-ring (bicyclic) bond motifs is 1. The molecule has 3 heterocycles. The summed E-state index contributed by atoms with van der Waals surface area (Å²) >= 11 is 1.36. The standard InChI is InChI=1S/C19H21N5O2S/c1-13-5-7-14(8-6-13)21-15(25)11-24-12-20-17-16(18(24)26)27-19(22-17)23-9-3-2-4-10-23/h5-8,12H,2-4,9-11H2,1H3,(H,21,25). The Morgan fingerprint density at radius 3 is 2.67 bits per heavy atom. The molecule has 1 saturated heterocycles. The molecule has 1 aliphatic rings. The molecule has 0 atom stereocenters. The Morgan fingerprint density at radius 1 is 1.19 bits per heavy atom. The van der Waals surface area contributed by atoms with Gasteiger partial charge < -0.3 is 10.2 Å². The van der Waals surface area contributed by atoms with Crippen molar-refractivity contribution in [1.82, 2.24) is 14.5 Å². The van der Waals surface area contributed by atoms with Crippen molar-refractivity contribution in [3.8, 4) is 0 Å². The van der Waals surface area contributed by atoms with E-state index in [2.05, 4.69) is 20.2 Å². The van der Waals surface area contributed by atoms with Crippen molar-refractivity contribution in [3.05, 3.63) is 46.5 Å². The Hall–Kier alpha value is -2.74. The minimum Gasteiger partial charge on any atom is -0.348 e. The average molecular weight is 383 g/mol. The van der Waals surface area contributed by atoms with Crippen LogP contribution in [0.25, 0.3) is 10.3 Å². The van der Waals surface area contributed by atoms with Crippen LogP contribution >= 0.6 is 11.3 Å². The van der Waals surface area contributed by atoms with E-state index in [9.17, 15) is 9.59 Å². The van der Waals surface area contributed by atoms with Gasteiger partial charge in [-0.3, -0.25) is 14.2 Å². The van der Waals surface area contributed by atoms with Crippen LogP contribution in [0.2, 0.25) is 0 Å². The number of nitrogens with one attached hydrogen (secondary N) is 1. The fourth-order valence-corrected chi connectivity index (χ4v) is 4.18. The van der Waals surface area contributed by atoms with Gasteiger partial charge in [-0.1, -0.05) is 29.0 Å². The predicted octanol–water partition coefficient (Wildman–Crippen LogP) is 2.79. The van der Waals surface area contributed by atoms with Gasteiger partial charge in [-0.15, -0.1) is 0 Å². The Bertz CT molecular complexity index is 1020. The molecule has 0 aliphatic carbocycles. The number of nitrogens with zero attached hydrogens (tertiary/aromatic N) is 4. The third-order valence-corrected chi connectivity index (χ3v) is 5.74. The number of amides is 1. The van der Waals surface area contributed by atoms with Crippen molar-refractivity contribution in [2.24, 2.45) is 0 Å². The molecule has 1 amide bonds. The number of aryl methyl sites for hydroxylation is 1. The van der Waals surface area contributed by atoms with Gasteiger partial charge in [0.2, 0.25) is 5.91 Å². The number of thiazole rings is 1. The van der Waals surface area contributed by atoms with Gasteiger partial charge in [0.15, 0.2) is 10.8 Å². The van der Waals surface area contributed by atoms with Crippen LogP contribution in [-0.4, -0.2) is 33.5 Å². The SMILES string of the molecule is Cc1ccc(NC(=O)Cn2cnc3nc(N4CCCCC4)sc3c2=O)cc1. The van der Waals surface area contributed by atoms with Gasteiger partial charge >= 0.3 is 0 Å². The zero-order valence-electron chi connectivity index (χ0n) is 15.1. The van der Waals surface area contributed by atoms with Crippen LogP contribution in [0.1, 0.15) is 24.8 Å². The Morgan fingerprint density at radius 2 is 1.93 bits per heavy atom. The first-order valence-corrected chi connectivity index (χ1v) is 9.89. The first kappa shape index (κ1) is 17.7. The topological polar surface area (TPSA) is 80.1 Å². The van der Waals surface area contributed by atoms with Crippen LogP contribution in [0.3, 0.4) is 0 Å². The third kappa shape index (κ3) is 3.85. The largest absolute Gasteiger partial charge is 0.348 e. The lowest BCUT2D eigenvalue weighted by Gasteiger charge is -2.25. The smallest absolute Gasteiger partial charge is 0.273 e. The van der Waals surface area contributed by atoms with Crippen molar-refractivity contribution < 1.29 is 4.79 Å². The van der Waals surface area contributed by atoms with Crippen molar-refractivity contribution in [2.45, 2.75) is 32.7 Å². The third-order valence-electron chi connectivity index (χ3n) is 4.65. The normalized spacial score (nSPS) is 14.5. The number of anilines is 2. The molecule has 0 bridgehead atoms. The molecule has 0 saturated carbocycles. The van der Waals surface area contributed by atoms with Crippen LogP contribution in [0.15, 0.2) is 35.4 Å². The fraction of sp³-hybridized carbons (Fsp3) is 0.368. The molecule has 7 nitrogen and oxygen atoms in total. The number of hydrogen-bond donors (Lipinski definition) is 1. The maximum Gasteiger partial charge on any atom is 0.273 e. The van der Waals surface area contributed by atoms with Gasteiger partial charge in [0.25, 0.3) is 5.56 Å². The maximum atomic E-state index is 12.8. The molecule has 1 aliphatic heterocycles. The van der Waals surface area contributed by atoms with Crippen LogP contribution in [0.4, 0.5) is 10.8 Å². The van der Waals surface area contributed by atoms with Crippen LogP contribution in [-0.2, 0) is 11.3 Å². The molecule has 1 aromatic carbocycles. The van der Waals surface area contributed by atoms with E-state index < -0.39 is 0 Å². The second-order valence-corrected chi connectivity index (χ2v) is 7.77. The molecule has 1 N–H and O–H groups in total. The second-order valence-electron chi connectivity index (χ2n) is 6.79. The number of carbonyl (C=O) groups is 1. The second kappa shape index (κ2) is 7.48. The van der Waals surface area contributed by atoms with Gasteiger partial charge in [0, 0.05) is 18.8 Å². The van der Waals surface area contributed by atoms with E-state index >= 15 is 0 Å². The molecule has 1 fully saturated rings. The molecular weight excluding hydrogens is 362 g/mol. The summed E-state index contributed by atoms with van der Waals surface area (Å²) in [4.78, 5) is 36.1. The molecule has 0 unspecified atom stereocenters. The van der Waals surface area contributed by atoms with E-state index in [-0.39, 0.29) is 18.0 Å². The first-order valence-electron chi connectivity index (χ1n) is 9.07. The summed E-state index contributed by atoms with van der Waals surface area (Å²) in [5.74, 6) is -0.261.